The van der Waals surface area contributed by atoms with E-state index in [1.54, 1.807) is 21.9 Å². The van der Waals surface area contributed by atoms with Gasteiger partial charge in [-0.15, -0.1) is 0 Å². The van der Waals surface area contributed by atoms with Gasteiger partial charge in [0.25, 0.3) is 5.91 Å². The number of benzene rings is 1. The topological polar surface area (TPSA) is 65.8 Å². The Hall–Kier alpha value is -2.31. The molecule has 1 N–H and O–H groups in total. The van der Waals surface area contributed by atoms with Crippen molar-refractivity contribution in [1.82, 2.24) is 15.1 Å². The number of carbonyl (C=O) groups excluding carboxylic acids is 2. The highest BCUT2D eigenvalue weighted by molar-refractivity contribution is 6.30. The lowest BCUT2D eigenvalue weighted by atomic mass is 10.1. The number of halogens is 1. The van der Waals surface area contributed by atoms with Crippen molar-refractivity contribution in [3.63, 3.8) is 0 Å². The van der Waals surface area contributed by atoms with E-state index in [0.29, 0.717) is 45.0 Å². The smallest absolute Gasteiger partial charge is 0.289 e. The van der Waals surface area contributed by atoms with Gasteiger partial charge in [-0.1, -0.05) is 23.7 Å². The van der Waals surface area contributed by atoms with Crippen LogP contribution in [0.1, 0.15) is 16.1 Å². The minimum absolute atomic E-state index is 0.0567. The Morgan fingerprint density at radius 2 is 1.85 bits per heavy atom. The summed E-state index contributed by atoms with van der Waals surface area (Å²) in [5.74, 6) is 0.274. The molecule has 138 valence electrons. The van der Waals surface area contributed by atoms with Crippen LogP contribution in [0.3, 0.4) is 0 Å². The van der Waals surface area contributed by atoms with Crippen LogP contribution in [0.4, 0.5) is 0 Å². The Labute approximate surface area is 157 Å². The summed E-state index contributed by atoms with van der Waals surface area (Å²) in [6.07, 6.45) is 2.31. The predicted octanol–water partition coefficient (Wildman–Crippen LogP) is 2.05. The monoisotopic (exact) mass is 375 g/mol. The van der Waals surface area contributed by atoms with Gasteiger partial charge >= 0.3 is 0 Å². The lowest BCUT2D eigenvalue weighted by molar-refractivity contribution is -0.131. The van der Waals surface area contributed by atoms with Crippen LogP contribution in [0.25, 0.3) is 0 Å². The first-order valence-electron chi connectivity index (χ1n) is 8.69. The highest BCUT2D eigenvalue weighted by Crippen LogP contribution is 2.11. The standard InChI is InChI=1S/C19H22ClN3O3/c20-16-4-1-3-15(13-16)6-7-21-14-18(24)22-8-10-23(11-9-22)19(25)17-5-2-12-26-17/h1-5,12-13,21H,6-11,14H2. The quantitative estimate of drug-likeness (QED) is 0.785. The molecule has 0 bridgehead atoms. The van der Waals surface area contributed by atoms with Crippen LogP contribution in [0.15, 0.2) is 47.1 Å². The second kappa shape index (κ2) is 8.87. The molecule has 1 aromatic heterocycles. The first-order valence-corrected chi connectivity index (χ1v) is 9.07. The summed E-state index contributed by atoms with van der Waals surface area (Å²) in [5.41, 5.74) is 1.14. The van der Waals surface area contributed by atoms with Gasteiger partial charge in [-0.25, -0.2) is 0 Å². The highest BCUT2D eigenvalue weighted by Gasteiger charge is 2.25. The molecule has 2 aromatic rings. The van der Waals surface area contributed by atoms with Crippen molar-refractivity contribution >= 4 is 23.4 Å². The average molecular weight is 376 g/mol. The molecular formula is C19H22ClN3O3. The highest BCUT2D eigenvalue weighted by atomic mass is 35.5. The van der Waals surface area contributed by atoms with Gasteiger partial charge in [-0.05, 0) is 42.8 Å². The molecule has 26 heavy (non-hydrogen) atoms. The van der Waals surface area contributed by atoms with E-state index in [1.165, 1.54) is 6.26 Å². The molecule has 0 atom stereocenters. The summed E-state index contributed by atoms with van der Waals surface area (Å²) >= 11 is 5.96. The summed E-state index contributed by atoms with van der Waals surface area (Å²) < 4.78 is 5.14. The van der Waals surface area contributed by atoms with Gasteiger partial charge in [-0.3, -0.25) is 9.59 Å². The summed E-state index contributed by atoms with van der Waals surface area (Å²) in [6, 6.07) is 11.1. The van der Waals surface area contributed by atoms with E-state index in [1.807, 2.05) is 24.3 Å². The van der Waals surface area contributed by atoms with Crippen molar-refractivity contribution in [3.8, 4) is 0 Å². The van der Waals surface area contributed by atoms with Gasteiger partial charge in [0, 0.05) is 31.2 Å². The zero-order chi connectivity index (χ0) is 18.4. The van der Waals surface area contributed by atoms with Crippen molar-refractivity contribution in [2.75, 3.05) is 39.3 Å². The normalized spacial score (nSPS) is 14.5. The van der Waals surface area contributed by atoms with Gasteiger partial charge < -0.3 is 19.5 Å². The molecule has 0 spiro atoms. The Morgan fingerprint density at radius 1 is 1.08 bits per heavy atom. The van der Waals surface area contributed by atoms with Crippen molar-refractivity contribution in [1.29, 1.82) is 0 Å². The molecule has 6 nitrogen and oxygen atoms in total. The molecule has 1 aliphatic heterocycles. The number of nitrogens with one attached hydrogen (secondary N) is 1. The Morgan fingerprint density at radius 3 is 2.54 bits per heavy atom. The number of carbonyl (C=O) groups is 2. The number of piperazine rings is 1. The molecule has 1 aliphatic rings. The van der Waals surface area contributed by atoms with E-state index in [9.17, 15) is 9.59 Å². The molecule has 7 heteroatoms. The van der Waals surface area contributed by atoms with E-state index in [4.69, 9.17) is 16.0 Å². The summed E-state index contributed by atoms with van der Waals surface area (Å²) in [5, 5.41) is 3.90. The van der Waals surface area contributed by atoms with E-state index in [2.05, 4.69) is 5.32 Å². The van der Waals surface area contributed by atoms with Crippen molar-refractivity contribution < 1.29 is 14.0 Å². The van der Waals surface area contributed by atoms with E-state index < -0.39 is 0 Å². The van der Waals surface area contributed by atoms with Crippen LogP contribution >= 0.6 is 11.6 Å². The lowest BCUT2D eigenvalue weighted by Gasteiger charge is -2.34. The third kappa shape index (κ3) is 4.86. The third-order valence-corrected chi connectivity index (χ3v) is 4.64. The predicted molar refractivity (Wildman–Crippen MR) is 99.2 cm³/mol. The van der Waals surface area contributed by atoms with Crippen LogP contribution in [0, 0.1) is 0 Å². The van der Waals surface area contributed by atoms with E-state index in [-0.39, 0.29) is 11.8 Å². The van der Waals surface area contributed by atoms with Gasteiger partial charge in [-0.2, -0.15) is 0 Å². The molecule has 0 aliphatic carbocycles. The molecule has 0 saturated carbocycles. The lowest BCUT2D eigenvalue weighted by Crippen LogP contribution is -2.52. The second-order valence-electron chi connectivity index (χ2n) is 6.21. The molecule has 1 saturated heterocycles. The fourth-order valence-electron chi connectivity index (χ4n) is 2.95. The second-order valence-corrected chi connectivity index (χ2v) is 6.64. The van der Waals surface area contributed by atoms with Crippen LogP contribution in [-0.2, 0) is 11.2 Å². The maximum atomic E-state index is 12.3. The van der Waals surface area contributed by atoms with E-state index >= 15 is 0 Å². The summed E-state index contributed by atoms with van der Waals surface area (Å²) in [4.78, 5) is 28.0. The SMILES string of the molecule is O=C(CNCCc1cccc(Cl)c1)N1CCN(C(=O)c2ccco2)CC1. The molecule has 0 radical (unpaired) electrons. The summed E-state index contributed by atoms with van der Waals surface area (Å²) in [7, 11) is 0. The van der Waals surface area contributed by atoms with Crippen LogP contribution in [0.2, 0.25) is 5.02 Å². The number of hydrogen-bond donors (Lipinski definition) is 1. The molecule has 0 unspecified atom stereocenters. The Balaban J connectivity index is 1.36. The first-order chi connectivity index (χ1) is 12.6. The van der Waals surface area contributed by atoms with Crippen molar-refractivity contribution in [2.24, 2.45) is 0 Å². The maximum absolute atomic E-state index is 12.3. The van der Waals surface area contributed by atoms with Gasteiger partial charge in [0.05, 0.1) is 12.8 Å². The molecule has 1 aromatic carbocycles. The molecule has 2 heterocycles. The number of amides is 2. The largest absolute Gasteiger partial charge is 0.459 e. The molecule has 2 amide bonds. The Bertz CT molecular complexity index is 740. The Kier molecular flexibility index (Phi) is 6.30. The van der Waals surface area contributed by atoms with Crippen molar-refractivity contribution in [2.45, 2.75) is 6.42 Å². The minimum atomic E-state index is -0.123. The van der Waals surface area contributed by atoms with Crippen LogP contribution in [-0.4, -0.2) is 60.9 Å². The van der Waals surface area contributed by atoms with Crippen molar-refractivity contribution in [3.05, 3.63) is 59.0 Å². The van der Waals surface area contributed by atoms with Crippen LogP contribution < -0.4 is 5.32 Å². The average Bonchev–Trinajstić information content (AvgIpc) is 3.19. The zero-order valence-corrected chi connectivity index (χ0v) is 15.2. The third-order valence-electron chi connectivity index (χ3n) is 4.41. The fourth-order valence-corrected chi connectivity index (χ4v) is 3.16. The first kappa shape index (κ1) is 18.5. The maximum Gasteiger partial charge on any atom is 0.289 e. The fraction of sp³-hybridized carbons (Fsp3) is 0.368. The van der Waals surface area contributed by atoms with Gasteiger partial charge in [0.2, 0.25) is 5.91 Å². The number of hydrogen-bond acceptors (Lipinski definition) is 4. The molecule has 1 fully saturated rings. The minimum Gasteiger partial charge on any atom is -0.459 e. The van der Waals surface area contributed by atoms with Crippen LogP contribution in [0.5, 0.6) is 0 Å². The zero-order valence-electron chi connectivity index (χ0n) is 14.5. The van der Waals surface area contributed by atoms with E-state index in [0.717, 1.165) is 17.0 Å². The molecular weight excluding hydrogens is 354 g/mol. The molecule has 3 rings (SSSR count). The van der Waals surface area contributed by atoms with Gasteiger partial charge in [0.1, 0.15) is 0 Å². The number of rotatable bonds is 6. The number of nitrogens with zero attached hydrogens (tertiary/aromatic N) is 2. The van der Waals surface area contributed by atoms with Gasteiger partial charge in [0.15, 0.2) is 5.76 Å². The summed E-state index contributed by atoms with van der Waals surface area (Å²) in [6.45, 7) is 3.14. The number of furan rings is 1.